The second-order valence-electron chi connectivity index (χ2n) is 5.40. The van der Waals surface area contributed by atoms with E-state index in [1.165, 1.54) is 0 Å². The molecule has 0 aromatic rings. The maximum Gasteiger partial charge on any atom is 0.226 e. The molecule has 0 N–H and O–H groups in total. The number of carbonyl (C=O) groups excluding carboxylic acids is 1. The van der Waals surface area contributed by atoms with E-state index in [0.29, 0.717) is 18.9 Å². The van der Waals surface area contributed by atoms with Gasteiger partial charge >= 0.3 is 0 Å². The molecule has 1 rings (SSSR count). The van der Waals surface area contributed by atoms with E-state index in [1.807, 2.05) is 4.90 Å². The molecule has 18 heavy (non-hydrogen) atoms. The summed E-state index contributed by atoms with van der Waals surface area (Å²) in [5.74, 6) is 0.977. The van der Waals surface area contributed by atoms with Gasteiger partial charge in [-0.3, -0.25) is 4.79 Å². The van der Waals surface area contributed by atoms with Crippen LogP contribution in [0.3, 0.4) is 0 Å². The summed E-state index contributed by atoms with van der Waals surface area (Å²) in [6.07, 6.45) is 8.54. The largest absolute Gasteiger partial charge is 0.341 e. The molecule has 0 aromatic heterocycles. The first-order valence-electron chi connectivity index (χ1n) is 6.96. The van der Waals surface area contributed by atoms with E-state index in [1.54, 1.807) is 0 Å². The van der Waals surface area contributed by atoms with E-state index < -0.39 is 0 Å². The molecule has 0 unspecified atom stereocenters. The van der Waals surface area contributed by atoms with Crippen LogP contribution in [-0.2, 0) is 4.79 Å². The molecule has 3 nitrogen and oxygen atoms in total. The number of hydrogen-bond donors (Lipinski definition) is 0. The number of nitriles is 1. The van der Waals surface area contributed by atoms with Crippen molar-refractivity contribution >= 4 is 5.91 Å². The van der Waals surface area contributed by atoms with Gasteiger partial charge in [-0.25, -0.2) is 0 Å². The molecule has 0 spiro atoms. The molecule has 1 amide bonds. The lowest BCUT2D eigenvalue weighted by molar-refractivity contribution is -0.135. The predicted molar refractivity (Wildman–Crippen MR) is 72.7 cm³/mol. The number of carbonyl (C=O) groups is 1. The summed E-state index contributed by atoms with van der Waals surface area (Å²) < 4.78 is 0. The van der Waals surface area contributed by atoms with Gasteiger partial charge in [0.05, 0.1) is 12.5 Å². The van der Waals surface area contributed by atoms with Crippen LogP contribution < -0.4 is 0 Å². The predicted octanol–water partition coefficient (Wildman–Crippen LogP) is 3.13. The average Bonchev–Trinajstić information content (AvgIpc) is 2.39. The summed E-state index contributed by atoms with van der Waals surface area (Å²) in [5, 5.41) is 8.69. The first-order valence-corrected chi connectivity index (χ1v) is 6.96. The Bertz CT molecular complexity index is 328. The van der Waals surface area contributed by atoms with Crippen molar-refractivity contribution in [2.24, 2.45) is 11.8 Å². The fourth-order valence-corrected chi connectivity index (χ4v) is 2.21. The van der Waals surface area contributed by atoms with E-state index in [0.717, 1.165) is 32.2 Å². The monoisotopic (exact) mass is 248 g/mol. The zero-order chi connectivity index (χ0) is 13.4. The minimum atomic E-state index is 0.140. The molecule has 0 heterocycles. The SMILES string of the molecule is CC(C)CCN(CCC#N)C(=O)[C@@H]1CC=CCC1. The second-order valence-corrected chi connectivity index (χ2v) is 5.40. The van der Waals surface area contributed by atoms with Gasteiger partial charge in [0, 0.05) is 19.0 Å². The molecule has 1 atom stereocenters. The van der Waals surface area contributed by atoms with Crippen LogP contribution in [0.4, 0.5) is 0 Å². The van der Waals surface area contributed by atoms with Gasteiger partial charge in [0.1, 0.15) is 0 Å². The normalized spacial score (nSPS) is 18.7. The zero-order valence-corrected chi connectivity index (χ0v) is 11.6. The van der Waals surface area contributed by atoms with Crippen molar-refractivity contribution in [3.8, 4) is 6.07 Å². The summed E-state index contributed by atoms with van der Waals surface area (Å²) in [6.45, 7) is 5.70. The third kappa shape index (κ3) is 4.91. The lowest BCUT2D eigenvalue weighted by Crippen LogP contribution is -2.38. The van der Waals surface area contributed by atoms with Crippen molar-refractivity contribution < 1.29 is 4.79 Å². The molecule has 0 saturated carbocycles. The van der Waals surface area contributed by atoms with Crippen molar-refractivity contribution in [1.82, 2.24) is 4.90 Å². The van der Waals surface area contributed by atoms with Crippen LogP contribution in [0, 0.1) is 23.2 Å². The van der Waals surface area contributed by atoms with Crippen LogP contribution in [0.5, 0.6) is 0 Å². The quantitative estimate of drug-likeness (QED) is 0.678. The highest BCUT2D eigenvalue weighted by molar-refractivity contribution is 5.79. The van der Waals surface area contributed by atoms with Crippen molar-refractivity contribution in [3.63, 3.8) is 0 Å². The molecule has 0 aliphatic heterocycles. The molecule has 3 heteroatoms. The molecule has 0 aromatic carbocycles. The summed E-state index contributed by atoms with van der Waals surface area (Å²) in [4.78, 5) is 14.3. The molecule has 0 radical (unpaired) electrons. The van der Waals surface area contributed by atoms with Gasteiger partial charge in [0.2, 0.25) is 5.91 Å². The Labute approximate surface area is 110 Å². The van der Waals surface area contributed by atoms with E-state index >= 15 is 0 Å². The maximum atomic E-state index is 12.4. The number of hydrogen-bond acceptors (Lipinski definition) is 2. The van der Waals surface area contributed by atoms with Crippen molar-refractivity contribution in [1.29, 1.82) is 5.26 Å². The first kappa shape index (κ1) is 14.8. The van der Waals surface area contributed by atoms with Crippen LogP contribution in [0.2, 0.25) is 0 Å². The summed E-state index contributed by atoms with van der Waals surface area (Å²) >= 11 is 0. The van der Waals surface area contributed by atoms with Crippen molar-refractivity contribution in [3.05, 3.63) is 12.2 Å². The highest BCUT2D eigenvalue weighted by Crippen LogP contribution is 2.21. The summed E-state index contributed by atoms with van der Waals surface area (Å²) in [5.41, 5.74) is 0. The third-order valence-corrected chi connectivity index (χ3v) is 3.40. The second kappa shape index (κ2) is 7.92. The molecule has 1 aliphatic carbocycles. The maximum absolute atomic E-state index is 12.4. The molecule has 0 saturated heterocycles. The van der Waals surface area contributed by atoms with Gasteiger partial charge in [-0.2, -0.15) is 5.26 Å². The van der Waals surface area contributed by atoms with Crippen LogP contribution in [-0.4, -0.2) is 23.9 Å². The minimum absolute atomic E-state index is 0.140. The van der Waals surface area contributed by atoms with Crippen molar-refractivity contribution in [2.75, 3.05) is 13.1 Å². The smallest absolute Gasteiger partial charge is 0.226 e. The van der Waals surface area contributed by atoms with Crippen LogP contribution in [0.15, 0.2) is 12.2 Å². The standard InChI is InChI=1S/C15H24N2O/c1-13(2)9-12-17(11-6-10-16)15(18)14-7-4-3-5-8-14/h3-4,13-14H,5-9,11-12H2,1-2H3/t14-/m1/s1. The minimum Gasteiger partial charge on any atom is -0.341 e. The average molecular weight is 248 g/mol. The molecular weight excluding hydrogens is 224 g/mol. The number of rotatable bonds is 6. The van der Waals surface area contributed by atoms with Gasteiger partial charge in [-0.15, -0.1) is 0 Å². The fraction of sp³-hybridized carbons (Fsp3) is 0.733. The van der Waals surface area contributed by atoms with Crippen LogP contribution in [0.1, 0.15) is 46.0 Å². The Morgan fingerprint density at radius 2 is 2.22 bits per heavy atom. The van der Waals surface area contributed by atoms with Crippen molar-refractivity contribution in [2.45, 2.75) is 46.0 Å². The van der Waals surface area contributed by atoms with E-state index in [2.05, 4.69) is 32.1 Å². The molecule has 1 aliphatic rings. The Hall–Kier alpha value is -1.30. The van der Waals surface area contributed by atoms with E-state index in [4.69, 9.17) is 5.26 Å². The molecule has 0 bridgehead atoms. The first-order chi connectivity index (χ1) is 8.65. The van der Waals surface area contributed by atoms with Gasteiger partial charge in [-0.1, -0.05) is 26.0 Å². The van der Waals surface area contributed by atoms with E-state index in [9.17, 15) is 4.79 Å². The highest BCUT2D eigenvalue weighted by atomic mass is 16.2. The Balaban J connectivity index is 2.54. The zero-order valence-electron chi connectivity index (χ0n) is 11.6. The highest BCUT2D eigenvalue weighted by Gasteiger charge is 2.23. The molecular formula is C15H24N2O. The Morgan fingerprint density at radius 3 is 2.78 bits per heavy atom. The fourth-order valence-electron chi connectivity index (χ4n) is 2.21. The van der Waals surface area contributed by atoms with Gasteiger partial charge in [-0.05, 0) is 31.6 Å². The summed E-state index contributed by atoms with van der Waals surface area (Å²) in [6, 6.07) is 2.14. The lowest BCUT2D eigenvalue weighted by atomic mass is 9.93. The molecule has 0 fully saturated rings. The van der Waals surface area contributed by atoms with Gasteiger partial charge < -0.3 is 4.90 Å². The molecule has 100 valence electrons. The van der Waals surface area contributed by atoms with Crippen LogP contribution >= 0.6 is 0 Å². The lowest BCUT2D eigenvalue weighted by Gasteiger charge is -2.28. The number of nitrogens with zero attached hydrogens (tertiary/aromatic N) is 2. The number of allylic oxidation sites excluding steroid dienone is 2. The topological polar surface area (TPSA) is 44.1 Å². The summed E-state index contributed by atoms with van der Waals surface area (Å²) in [7, 11) is 0. The Morgan fingerprint density at radius 1 is 1.44 bits per heavy atom. The number of amides is 1. The van der Waals surface area contributed by atoms with Gasteiger partial charge in [0.25, 0.3) is 0 Å². The third-order valence-electron chi connectivity index (χ3n) is 3.40. The van der Waals surface area contributed by atoms with E-state index in [-0.39, 0.29) is 11.8 Å². The van der Waals surface area contributed by atoms with Crippen LogP contribution in [0.25, 0.3) is 0 Å². The Kier molecular flexibility index (Phi) is 6.49. The van der Waals surface area contributed by atoms with Gasteiger partial charge in [0.15, 0.2) is 0 Å².